The van der Waals surface area contributed by atoms with E-state index in [-0.39, 0.29) is 15.7 Å². The molecule has 0 radical (unpaired) electrons. The molecule has 0 aliphatic heterocycles. The molecule has 0 heterocycles. The van der Waals surface area contributed by atoms with Crippen LogP contribution in [0.3, 0.4) is 0 Å². The molecule has 0 bridgehead atoms. The highest BCUT2D eigenvalue weighted by molar-refractivity contribution is 6.46. The van der Waals surface area contributed by atoms with Gasteiger partial charge in [-0.05, 0) is 36.4 Å². The molecule has 108 valence electrons. The first kappa shape index (κ1) is 15.3. The van der Waals surface area contributed by atoms with Crippen molar-refractivity contribution in [2.75, 3.05) is 10.6 Å². The summed E-state index contributed by atoms with van der Waals surface area (Å²) < 4.78 is 12.7. The van der Waals surface area contributed by atoms with E-state index in [1.807, 2.05) is 0 Å². The number of amides is 2. The monoisotopic (exact) mass is 326 g/mol. The molecule has 7 heteroatoms. The minimum atomic E-state index is -0.936. The fourth-order valence-corrected chi connectivity index (χ4v) is 2.00. The average molecular weight is 327 g/mol. The predicted octanol–water partition coefficient (Wildman–Crippen LogP) is 3.71. The van der Waals surface area contributed by atoms with E-state index >= 15 is 0 Å². The first-order chi connectivity index (χ1) is 9.97. The summed E-state index contributed by atoms with van der Waals surface area (Å²) in [5.41, 5.74) is 0.446. The minimum Gasteiger partial charge on any atom is -0.318 e. The lowest BCUT2D eigenvalue weighted by molar-refractivity contribution is -0.132. The second-order valence-electron chi connectivity index (χ2n) is 4.01. The SMILES string of the molecule is O=C(Nc1ccc(F)cc1)C(=O)Nc1c(Cl)cccc1Cl. The van der Waals surface area contributed by atoms with Gasteiger partial charge in [-0.3, -0.25) is 9.59 Å². The highest BCUT2D eigenvalue weighted by Crippen LogP contribution is 2.29. The molecule has 0 aromatic heterocycles. The number of carbonyl (C=O) groups is 2. The van der Waals surface area contributed by atoms with Crippen molar-refractivity contribution in [3.8, 4) is 0 Å². The van der Waals surface area contributed by atoms with E-state index in [0.717, 1.165) is 0 Å². The fourth-order valence-electron chi connectivity index (χ4n) is 1.51. The summed E-state index contributed by atoms with van der Waals surface area (Å²) in [6.07, 6.45) is 0. The van der Waals surface area contributed by atoms with E-state index in [9.17, 15) is 14.0 Å². The van der Waals surface area contributed by atoms with Crippen LogP contribution in [0.1, 0.15) is 0 Å². The number of benzene rings is 2. The third kappa shape index (κ3) is 3.93. The van der Waals surface area contributed by atoms with Crippen LogP contribution < -0.4 is 10.6 Å². The topological polar surface area (TPSA) is 58.2 Å². The number of carbonyl (C=O) groups excluding carboxylic acids is 2. The van der Waals surface area contributed by atoms with Gasteiger partial charge in [0.15, 0.2) is 0 Å². The van der Waals surface area contributed by atoms with Crippen molar-refractivity contribution < 1.29 is 14.0 Å². The summed E-state index contributed by atoms with van der Waals surface area (Å²) in [6, 6.07) is 9.67. The van der Waals surface area contributed by atoms with Gasteiger partial charge in [-0.15, -0.1) is 0 Å². The Morgan fingerprint density at radius 1 is 0.857 bits per heavy atom. The molecule has 0 aliphatic rings. The summed E-state index contributed by atoms with van der Waals surface area (Å²) in [5.74, 6) is -2.30. The van der Waals surface area contributed by atoms with Gasteiger partial charge in [-0.2, -0.15) is 0 Å². The Hall–Kier alpha value is -2.11. The van der Waals surface area contributed by atoms with Crippen LogP contribution in [0.2, 0.25) is 10.0 Å². The van der Waals surface area contributed by atoms with Gasteiger partial charge in [0.1, 0.15) is 5.82 Å². The molecule has 21 heavy (non-hydrogen) atoms. The number of rotatable bonds is 2. The van der Waals surface area contributed by atoms with Crippen molar-refractivity contribution in [3.05, 3.63) is 58.3 Å². The van der Waals surface area contributed by atoms with E-state index < -0.39 is 17.6 Å². The minimum absolute atomic E-state index is 0.153. The Morgan fingerprint density at radius 3 is 1.95 bits per heavy atom. The quantitative estimate of drug-likeness (QED) is 0.826. The summed E-state index contributed by atoms with van der Waals surface area (Å²) in [5, 5.41) is 5.07. The fraction of sp³-hybridized carbons (Fsp3) is 0. The third-order valence-corrected chi connectivity index (χ3v) is 3.14. The number of nitrogens with one attached hydrogen (secondary N) is 2. The lowest BCUT2D eigenvalue weighted by atomic mass is 10.3. The maximum Gasteiger partial charge on any atom is 0.314 e. The molecule has 2 rings (SSSR count). The molecule has 2 aromatic carbocycles. The van der Waals surface area contributed by atoms with E-state index in [2.05, 4.69) is 10.6 Å². The molecule has 4 nitrogen and oxygen atoms in total. The molecule has 2 N–H and O–H groups in total. The summed E-state index contributed by atoms with van der Waals surface area (Å²) >= 11 is 11.8. The van der Waals surface area contributed by atoms with Gasteiger partial charge >= 0.3 is 11.8 Å². The molecule has 0 unspecified atom stereocenters. The van der Waals surface area contributed by atoms with E-state index in [0.29, 0.717) is 5.69 Å². The molecule has 2 amide bonds. The van der Waals surface area contributed by atoms with Gasteiger partial charge in [0.25, 0.3) is 0 Å². The Bertz CT molecular complexity index is 670. The highest BCUT2D eigenvalue weighted by atomic mass is 35.5. The molecular weight excluding hydrogens is 318 g/mol. The van der Waals surface area contributed by atoms with Crippen LogP contribution in [0, 0.1) is 5.82 Å². The zero-order valence-corrected chi connectivity index (χ0v) is 12.0. The van der Waals surface area contributed by atoms with Crippen LogP contribution in [0.5, 0.6) is 0 Å². The summed E-state index contributed by atoms with van der Waals surface area (Å²) in [7, 11) is 0. The Kier molecular flexibility index (Phi) is 4.77. The second-order valence-corrected chi connectivity index (χ2v) is 4.83. The molecule has 0 aliphatic carbocycles. The zero-order valence-electron chi connectivity index (χ0n) is 10.5. The van der Waals surface area contributed by atoms with E-state index in [4.69, 9.17) is 23.2 Å². The van der Waals surface area contributed by atoms with Crippen LogP contribution in [0.15, 0.2) is 42.5 Å². The van der Waals surface area contributed by atoms with Crippen molar-refractivity contribution in [2.45, 2.75) is 0 Å². The standard InChI is InChI=1S/C14H9Cl2FN2O2/c15-10-2-1-3-11(16)12(10)19-14(21)13(20)18-9-6-4-8(17)5-7-9/h1-7H,(H,18,20)(H,19,21). The van der Waals surface area contributed by atoms with Gasteiger partial charge in [0.2, 0.25) is 0 Å². The van der Waals surface area contributed by atoms with Crippen molar-refractivity contribution in [1.82, 2.24) is 0 Å². The lowest BCUT2D eigenvalue weighted by Gasteiger charge is -2.09. The molecule has 0 atom stereocenters. The van der Waals surface area contributed by atoms with Crippen LogP contribution in [0.4, 0.5) is 15.8 Å². The smallest absolute Gasteiger partial charge is 0.314 e. The molecule has 0 spiro atoms. The number of anilines is 2. The molecule has 0 saturated carbocycles. The summed E-state index contributed by atoms with van der Waals surface area (Å²) in [6.45, 7) is 0. The first-order valence-electron chi connectivity index (χ1n) is 5.79. The maximum atomic E-state index is 12.7. The van der Waals surface area contributed by atoms with E-state index in [1.165, 1.54) is 36.4 Å². The Balaban J connectivity index is 2.06. The van der Waals surface area contributed by atoms with Crippen molar-refractivity contribution in [1.29, 1.82) is 0 Å². The second kappa shape index (κ2) is 6.56. The third-order valence-electron chi connectivity index (χ3n) is 2.51. The largest absolute Gasteiger partial charge is 0.318 e. The predicted molar refractivity (Wildman–Crippen MR) is 80.1 cm³/mol. The van der Waals surface area contributed by atoms with Crippen molar-refractivity contribution in [2.24, 2.45) is 0 Å². The normalized spacial score (nSPS) is 10.0. The van der Waals surface area contributed by atoms with E-state index in [1.54, 1.807) is 6.07 Å². The average Bonchev–Trinajstić information content (AvgIpc) is 2.45. The van der Waals surface area contributed by atoms with Crippen LogP contribution >= 0.6 is 23.2 Å². The molecule has 2 aromatic rings. The van der Waals surface area contributed by atoms with Crippen molar-refractivity contribution in [3.63, 3.8) is 0 Å². The number of hydrogen-bond acceptors (Lipinski definition) is 2. The number of halogens is 3. The Morgan fingerprint density at radius 2 is 1.38 bits per heavy atom. The molecule has 0 fully saturated rings. The molecular formula is C14H9Cl2FN2O2. The van der Waals surface area contributed by atoms with Gasteiger partial charge in [0.05, 0.1) is 15.7 Å². The van der Waals surface area contributed by atoms with Gasteiger partial charge in [-0.1, -0.05) is 29.3 Å². The van der Waals surface area contributed by atoms with Crippen LogP contribution in [-0.4, -0.2) is 11.8 Å². The van der Waals surface area contributed by atoms with Crippen LogP contribution in [-0.2, 0) is 9.59 Å². The molecule has 0 saturated heterocycles. The maximum absolute atomic E-state index is 12.7. The highest BCUT2D eigenvalue weighted by Gasteiger charge is 2.17. The van der Waals surface area contributed by atoms with Crippen LogP contribution in [0.25, 0.3) is 0 Å². The number of hydrogen-bond donors (Lipinski definition) is 2. The first-order valence-corrected chi connectivity index (χ1v) is 6.55. The summed E-state index contributed by atoms with van der Waals surface area (Å²) in [4.78, 5) is 23.5. The number of para-hydroxylation sites is 1. The zero-order chi connectivity index (χ0) is 15.4. The Labute approximate surface area is 129 Å². The van der Waals surface area contributed by atoms with Gasteiger partial charge < -0.3 is 10.6 Å². The lowest BCUT2D eigenvalue weighted by Crippen LogP contribution is -2.29. The van der Waals surface area contributed by atoms with Gasteiger partial charge in [-0.25, -0.2) is 4.39 Å². The van der Waals surface area contributed by atoms with Gasteiger partial charge in [0, 0.05) is 5.69 Å². The van der Waals surface area contributed by atoms with Crippen molar-refractivity contribution >= 4 is 46.4 Å².